The molecule has 0 aliphatic rings. The minimum atomic E-state index is -0.191. The molecule has 0 heterocycles. The van der Waals surface area contributed by atoms with Crippen molar-refractivity contribution in [1.82, 2.24) is 0 Å². The molecule has 0 radical (unpaired) electrons. The average Bonchev–Trinajstić information content (AvgIpc) is 2.16. The summed E-state index contributed by atoms with van der Waals surface area (Å²) in [7, 11) is 0. The summed E-state index contributed by atoms with van der Waals surface area (Å²) < 4.78 is 0. The van der Waals surface area contributed by atoms with Gasteiger partial charge in [0.15, 0.2) is 0 Å². The van der Waals surface area contributed by atoms with Gasteiger partial charge in [-0.05, 0) is 30.2 Å². The van der Waals surface area contributed by atoms with E-state index in [1.165, 1.54) is 5.56 Å². The Kier molecular flexibility index (Phi) is 4.86. The zero-order valence-corrected chi connectivity index (χ0v) is 11.6. The second-order valence-corrected chi connectivity index (χ2v) is 6.25. The molecule has 0 spiro atoms. The van der Waals surface area contributed by atoms with Crippen LogP contribution >= 0.6 is 11.6 Å². The molecule has 1 heteroatoms. The first-order valence-corrected chi connectivity index (χ1v) is 6.56. The number of benzene rings is 1. The van der Waals surface area contributed by atoms with Gasteiger partial charge < -0.3 is 0 Å². The van der Waals surface area contributed by atoms with Crippen LogP contribution in [0, 0.1) is 11.8 Å². The lowest BCUT2D eigenvalue weighted by atomic mass is 9.83. The molecule has 1 aromatic carbocycles. The molecule has 0 aliphatic heterocycles. The highest BCUT2D eigenvalue weighted by atomic mass is 35.5. The lowest BCUT2D eigenvalue weighted by Crippen LogP contribution is -2.23. The maximum Gasteiger partial charge on any atom is 0.0699 e. The first-order valence-electron chi connectivity index (χ1n) is 6.18. The summed E-state index contributed by atoms with van der Waals surface area (Å²) >= 11 is 6.85. The van der Waals surface area contributed by atoms with E-state index in [9.17, 15) is 0 Å². The van der Waals surface area contributed by atoms with Gasteiger partial charge in [-0.1, -0.05) is 58.0 Å². The number of hydrogen-bond donors (Lipinski definition) is 0. The van der Waals surface area contributed by atoms with Gasteiger partial charge in [0.05, 0.1) is 4.87 Å². The zero-order chi connectivity index (χ0) is 12.2. The fourth-order valence-corrected chi connectivity index (χ4v) is 3.09. The Hall–Kier alpha value is -0.490. The molecule has 0 atom stereocenters. The maximum atomic E-state index is 6.85. The smallest absolute Gasteiger partial charge is 0.0699 e. The minimum absolute atomic E-state index is 0.191. The Labute approximate surface area is 105 Å². The minimum Gasteiger partial charge on any atom is -0.114 e. The molecule has 0 saturated heterocycles. The predicted molar refractivity (Wildman–Crippen MR) is 72.9 cm³/mol. The van der Waals surface area contributed by atoms with E-state index in [1.54, 1.807) is 0 Å². The number of halogens is 1. The number of rotatable bonds is 5. The van der Waals surface area contributed by atoms with E-state index in [1.807, 2.05) is 6.07 Å². The van der Waals surface area contributed by atoms with Crippen molar-refractivity contribution in [2.45, 2.75) is 45.4 Å². The fraction of sp³-hybridized carbons (Fsp3) is 0.600. The lowest BCUT2D eigenvalue weighted by molar-refractivity contribution is 0.381. The molecule has 0 aromatic heterocycles. The van der Waals surface area contributed by atoms with Crippen LogP contribution in [0.5, 0.6) is 0 Å². The number of hydrogen-bond acceptors (Lipinski definition) is 0. The van der Waals surface area contributed by atoms with Crippen molar-refractivity contribution in [2.24, 2.45) is 11.8 Å². The van der Waals surface area contributed by atoms with Gasteiger partial charge in [0.1, 0.15) is 0 Å². The molecule has 0 amide bonds. The van der Waals surface area contributed by atoms with Crippen LogP contribution in [-0.2, 0) is 4.87 Å². The molecule has 1 aromatic rings. The Bertz CT molecular complexity index is 290. The van der Waals surface area contributed by atoms with E-state index in [0.29, 0.717) is 11.8 Å². The molecule has 0 nitrogen and oxygen atoms in total. The van der Waals surface area contributed by atoms with E-state index < -0.39 is 0 Å². The third-order valence-electron chi connectivity index (χ3n) is 2.75. The lowest BCUT2D eigenvalue weighted by Gasteiger charge is -2.31. The monoisotopic (exact) mass is 238 g/mol. The summed E-state index contributed by atoms with van der Waals surface area (Å²) in [6.45, 7) is 8.95. The molecule has 0 saturated carbocycles. The quantitative estimate of drug-likeness (QED) is 0.618. The fourth-order valence-electron chi connectivity index (χ4n) is 2.35. The Morgan fingerprint density at radius 1 is 0.938 bits per heavy atom. The third kappa shape index (κ3) is 3.83. The van der Waals surface area contributed by atoms with Crippen molar-refractivity contribution in [2.75, 3.05) is 0 Å². The van der Waals surface area contributed by atoms with Gasteiger partial charge >= 0.3 is 0 Å². The van der Waals surface area contributed by atoms with Gasteiger partial charge in [0.2, 0.25) is 0 Å². The van der Waals surface area contributed by atoms with Gasteiger partial charge in [-0.3, -0.25) is 0 Å². The topological polar surface area (TPSA) is 0 Å². The summed E-state index contributed by atoms with van der Waals surface area (Å²) in [6.07, 6.45) is 2.08. The second-order valence-electron chi connectivity index (χ2n) is 5.53. The third-order valence-corrected chi connectivity index (χ3v) is 3.28. The van der Waals surface area contributed by atoms with Crippen LogP contribution in [0.25, 0.3) is 0 Å². The summed E-state index contributed by atoms with van der Waals surface area (Å²) in [5.41, 5.74) is 1.26. The van der Waals surface area contributed by atoms with Crippen LogP contribution in [0.1, 0.15) is 46.1 Å². The van der Waals surface area contributed by atoms with Crippen molar-refractivity contribution in [3.8, 4) is 0 Å². The molecular weight excluding hydrogens is 216 g/mol. The van der Waals surface area contributed by atoms with Crippen LogP contribution in [0.3, 0.4) is 0 Å². The largest absolute Gasteiger partial charge is 0.114 e. The van der Waals surface area contributed by atoms with E-state index in [-0.39, 0.29) is 4.87 Å². The summed E-state index contributed by atoms with van der Waals surface area (Å²) in [4.78, 5) is -0.191. The van der Waals surface area contributed by atoms with Crippen LogP contribution in [0.2, 0.25) is 0 Å². The molecule has 0 fully saturated rings. The molecule has 0 bridgehead atoms. The molecule has 0 unspecified atom stereocenters. The Morgan fingerprint density at radius 3 is 1.75 bits per heavy atom. The summed E-state index contributed by atoms with van der Waals surface area (Å²) in [5, 5.41) is 0. The molecule has 0 N–H and O–H groups in total. The molecule has 0 aliphatic carbocycles. The van der Waals surface area contributed by atoms with Gasteiger partial charge in [-0.25, -0.2) is 0 Å². The molecule has 1 rings (SSSR count). The van der Waals surface area contributed by atoms with E-state index in [0.717, 1.165) is 12.8 Å². The van der Waals surface area contributed by atoms with Crippen molar-refractivity contribution >= 4 is 11.6 Å². The van der Waals surface area contributed by atoms with Crippen LogP contribution in [0.15, 0.2) is 30.3 Å². The van der Waals surface area contributed by atoms with Crippen molar-refractivity contribution in [3.05, 3.63) is 35.9 Å². The normalized spacial score (nSPS) is 12.4. The number of alkyl halides is 1. The highest BCUT2D eigenvalue weighted by molar-refractivity contribution is 6.24. The average molecular weight is 239 g/mol. The second kappa shape index (κ2) is 5.72. The van der Waals surface area contributed by atoms with Crippen LogP contribution in [-0.4, -0.2) is 0 Å². The zero-order valence-electron chi connectivity index (χ0n) is 10.8. The first-order chi connectivity index (χ1) is 7.44. The maximum absolute atomic E-state index is 6.85. The van der Waals surface area contributed by atoms with E-state index in [2.05, 4.69) is 52.0 Å². The van der Waals surface area contributed by atoms with Crippen LogP contribution in [0.4, 0.5) is 0 Å². The Balaban J connectivity index is 2.95. The summed E-state index contributed by atoms with van der Waals surface area (Å²) in [5.74, 6) is 1.24. The van der Waals surface area contributed by atoms with Gasteiger partial charge in [0, 0.05) is 0 Å². The molecular formula is C15H23Cl. The first kappa shape index (κ1) is 13.6. The predicted octanol–water partition coefficient (Wildman–Crippen LogP) is 5.21. The highest BCUT2D eigenvalue weighted by Crippen LogP contribution is 2.41. The standard InChI is InChI=1S/C15H23Cl/c1-12(2)10-15(16,11-13(3)4)14-8-6-5-7-9-14/h5-9,12-13H,10-11H2,1-4H3. The van der Waals surface area contributed by atoms with Gasteiger partial charge in [-0.2, -0.15) is 0 Å². The molecule has 90 valence electrons. The van der Waals surface area contributed by atoms with E-state index in [4.69, 9.17) is 11.6 Å². The van der Waals surface area contributed by atoms with Crippen molar-refractivity contribution in [1.29, 1.82) is 0 Å². The SMILES string of the molecule is CC(C)CC(Cl)(CC(C)C)c1ccccc1. The van der Waals surface area contributed by atoms with Crippen molar-refractivity contribution in [3.63, 3.8) is 0 Å². The van der Waals surface area contributed by atoms with Crippen LogP contribution < -0.4 is 0 Å². The van der Waals surface area contributed by atoms with Gasteiger partial charge in [0.25, 0.3) is 0 Å². The van der Waals surface area contributed by atoms with E-state index >= 15 is 0 Å². The molecule has 16 heavy (non-hydrogen) atoms. The summed E-state index contributed by atoms with van der Waals surface area (Å²) in [6, 6.07) is 10.5. The van der Waals surface area contributed by atoms with Crippen molar-refractivity contribution < 1.29 is 0 Å². The Morgan fingerprint density at radius 2 is 1.38 bits per heavy atom. The highest BCUT2D eigenvalue weighted by Gasteiger charge is 2.30. The van der Waals surface area contributed by atoms with Gasteiger partial charge in [-0.15, -0.1) is 11.6 Å².